The van der Waals surface area contributed by atoms with E-state index in [0.717, 1.165) is 18.7 Å². The van der Waals surface area contributed by atoms with Crippen molar-refractivity contribution < 1.29 is 14.6 Å². The molecule has 1 atom stereocenters. The van der Waals surface area contributed by atoms with Crippen LogP contribution >= 0.6 is 0 Å². The zero-order chi connectivity index (χ0) is 12.3. The summed E-state index contributed by atoms with van der Waals surface area (Å²) in [6.45, 7) is 0.872. The molecule has 0 spiro atoms. The third kappa shape index (κ3) is 2.38. The summed E-state index contributed by atoms with van der Waals surface area (Å²) in [4.78, 5) is 15.2. The van der Waals surface area contributed by atoms with Crippen molar-refractivity contribution in [2.45, 2.75) is 12.3 Å². The molecular formula is C12H14N2O3. The normalized spacial score (nSPS) is 18.5. The van der Waals surface area contributed by atoms with E-state index in [2.05, 4.69) is 10.3 Å². The van der Waals surface area contributed by atoms with Crippen LogP contribution in [0.4, 0.5) is 0 Å². The average molecular weight is 234 g/mol. The van der Waals surface area contributed by atoms with Crippen LogP contribution in [0.5, 0.6) is 5.75 Å². The number of nitrogens with one attached hydrogen (secondary N) is 1. The van der Waals surface area contributed by atoms with Gasteiger partial charge in [-0.1, -0.05) is 6.08 Å². The number of ether oxygens (including phenoxy) is 1. The molecule has 0 saturated carbocycles. The Morgan fingerprint density at radius 1 is 1.59 bits per heavy atom. The van der Waals surface area contributed by atoms with E-state index < -0.39 is 5.97 Å². The van der Waals surface area contributed by atoms with Crippen LogP contribution in [0.15, 0.2) is 24.4 Å². The summed E-state index contributed by atoms with van der Waals surface area (Å²) in [6.07, 6.45) is 4.78. The van der Waals surface area contributed by atoms with E-state index in [1.165, 1.54) is 7.11 Å². The molecule has 2 rings (SSSR count). The fraction of sp³-hybridized carbons (Fsp3) is 0.333. The van der Waals surface area contributed by atoms with Crippen molar-refractivity contribution in [2.75, 3.05) is 13.7 Å². The molecule has 5 heteroatoms. The van der Waals surface area contributed by atoms with Crippen LogP contribution in [-0.4, -0.2) is 29.7 Å². The molecule has 0 saturated heterocycles. The summed E-state index contributed by atoms with van der Waals surface area (Å²) < 4.78 is 4.98. The minimum Gasteiger partial charge on any atom is -0.494 e. The quantitative estimate of drug-likeness (QED) is 0.826. The van der Waals surface area contributed by atoms with Crippen molar-refractivity contribution in [3.8, 4) is 5.75 Å². The average Bonchev–Trinajstić information content (AvgIpc) is 2.39. The summed E-state index contributed by atoms with van der Waals surface area (Å²) in [5.41, 5.74) is 0.734. The van der Waals surface area contributed by atoms with Gasteiger partial charge >= 0.3 is 5.97 Å². The highest BCUT2D eigenvalue weighted by molar-refractivity contribution is 5.88. The maximum Gasteiger partial charge on any atom is 0.358 e. The van der Waals surface area contributed by atoms with Gasteiger partial charge in [0.25, 0.3) is 0 Å². The monoisotopic (exact) mass is 234 g/mol. The number of hydrogen-bond acceptors (Lipinski definition) is 4. The van der Waals surface area contributed by atoms with Gasteiger partial charge in [0.2, 0.25) is 0 Å². The second-order valence-corrected chi connectivity index (χ2v) is 3.80. The molecular weight excluding hydrogens is 220 g/mol. The molecule has 0 amide bonds. The standard InChI is InChI=1S/C12H14N2O3/c1-17-10-3-2-9(14-11(10)12(15)16)8-4-6-13-7-5-8/h2-4,6,8,13H,5,7H2,1H3,(H,15,16). The smallest absolute Gasteiger partial charge is 0.358 e. The van der Waals surface area contributed by atoms with Crippen LogP contribution in [0, 0.1) is 0 Å². The third-order valence-corrected chi connectivity index (χ3v) is 2.73. The molecule has 1 aliphatic heterocycles. The number of aromatic carboxylic acids is 1. The molecule has 1 unspecified atom stereocenters. The van der Waals surface area contributed by atoms with Gasteiger partial charge in [-0.2, -0.15) is 0 Å². The first kappa shape index (κ1) is 11.4. The van der Waals surface area contributed by atoms with Crippen molar-refractivity contribution in [1.29, 1.82) is 0 Å². The van der Waals surface area contributed by atoms with Gasteiger partial charge < -0.3 is 15.2 Å². The highest BCUT2D eigenvalue weighted by atomic mass is 16.5. The zero-order valence-corrected chi connectivity index (χ0v) is 9.51. The van der Waals surface area contributed by atoms with E-state index in [-0.39, 0.29) is 11.6 Å². The van der Waals surface area contributed by atoms with E-state index in [4.69, 9.17) is 9.84 Å². The topological polar surface area (TPSA) is 71.5 Å². The van der Waals surface area contributed by atoms with Crippen molar-refractivity contribution in [3.63, 3.8) is 0 Å². The van der Waals surface area contributed by atoms with Gasteiger partial charge in [0.1, 0.15) is 0 Å². The Kier molecular flexibility index (Phi) is 3.27. The van der Waals surface area contributed by atoms with Crippen LogP contribution in [-0.2, 0) is 0 Å². The Labute approximate surface area is 99.1 Å². The van der Waals surface area contributed by atoms with Crippen molar-refractivity contribution >= 4 is 5.97 Å². The molecule has 2 heterocycles. The lowest BCUT2D eigenvalue weighted by Gasteiger charge is -2.17. The summed E-state index contributed by atoms with van der Waals surface area (Å²) in [6, 6.07) is 3.47. The molecule has 90 valence electrons. The van der Waals surface area contributed by atoms with Gasteiger partial charge in [-0.05, 0) is 24.8 Å². The van der Waals surface area contributed by atoms with Crippen LogP contribution in [0.25, 0.3) is 0 Å². The lowest BCUT2D eigenvalue weighted by molar-refractivity contribution is 0.0686. The highest BCUT2D eigenvalue weighted by Crippen LogP contribution is 2.25. The second kappa shape index (κ2) is 4.86. The Morgan fingerprint density at radius 2 is 2.41 bits per heavy atom. The van der Waals surface area contributed by atoms with E-state index in [0.29, 0.717) is 5.75 Å². The maximum atomic E-state index is 11.0. The van der Waals surface area contributed by atoms with Crippen molar-refractivity contribution in [1.82, 2.24) is 10.3 Å². The minimum absolute atomic E-state index is 0.0306. The number of nitrogens with zero attached hydrogens (tertiary/aromatic N) is 1. The molecule has 17 heavy (non-hydrogen) atoms. The second-order valence-electron chi connectivity index (χ2n) is 3.80. The number of carbonyl (C=O) groups is 1. The molecule has 1 aliphatic rings. The minimum atomic E-state index is -1.07. The Morgan fingerprint density at radius 3 is 3.00 bits per heavy atom. The number of allylic oxidation sites excluding steroid dienone is 1. The number of pyridine rings is 1. The lowest BCUT2D eigenvalue weighted by atomic mass is 9.98. The number of hydrogen-bond donors (Lipinski definition) is 2. The van der Waals surface area contributed by atoms with Gasteiger partial charge in [0, 0.05) is 18.2 Å². The first-order valence-electron chi connectivity index (χ1n) is 5.40. The van der Waals surface area contributed by atoms with Crippen molar-refractivity contribution in [2.24, 2.45) is 0 Å². The molecule has 1 aromatic rings. The molecule has 5 nitrogen and oxygen atoms in total. The van der Waals surface area contributed by atoms with Gasteiger partial charge in [-0.25, -0.2) is 9.78 Å². The van der Waals surface area contributed by atoms with Crippen LogP contribution in [0.1, 0.15) is 28.5 Å². The predicted molar refractivity (Wildman–Crippen MR) is 62.2 cm³/mol. The van der Waals surface area contributed by atoms with Crippen LogP contribution < -0.4 is 10.1 Å². The Balaban J connectivity index is 2.36. The summed E-state index contributed by atoms with van der Waals surface area (Å²) >= 11 is 0. The van der Waals surface area contributed by atoms with Gasteiger partial charge in [0.15, 0.2) is 11.4 Å². The Bertz CT molecular complexity index is 457. The molecule has 0 bridgehead atoms. The number of methoxy groups -OCH3 is 1. The number of rotatable bonds is 3. The fourth-order valence-corrected chi connectivity index (χ4v) is 1.83. The third-order valence-electron chi connectivity index (χ3n) is 2.73. The summed E-state index contributed by atoms with van der Waals surface area (Å²) in [5.74, 6) is -0.610. The first-order chi connectivity index (χ1) is 8.22. The van der Waals surface area contributed by atoms with Crippen molar-refractivity contribution in [3.05, 3.63) is 35.8 Å². The van der Waals surface area contributed by atoms with E-state index >= 15 is 0 Å². The number of carboxylic acid groups (broad SMARTS) is 1. The summed E-state index contributed by atoms with van der Waals surface area (Å²) in [7, 11) is 1.44. The molecule has 0 aromatic carbocycles. The Hall–Kier alpha value is -2.04. The van der Waals surface area contributed by atoms with Gasteiger partial charge in [0.05, 0.1) is 7.11 Å². The largest absolute Gasteiger partial charge is 0.494 e. The number of aromatic nitrogens is 1. The zero-order valence-electron chi connectivity index (χ0n) is 9.51. The van der Waals surface area contributed by atoms with Gasteiger partial charge in [-0.3, -0.25) is 0 Å². The molecule has 1 aromatic heterocycles. The summed E-state index contributed by atoms with van der Waals surface area (Å²) in [5, 5.41) is 12.1. The van der Waals surface area contributed by atoms with E-state index in [1.807, 2.05) is 18.3 Å². The van der Waals surface area contributed by atoms with Crippen LogP contribution in [0.3, 0.4) is 0 Å². The molecule has 2 N–H and O–H groups in total. The molecule has 0 aliphatic carbocycles. The predicted octanol–water partition coefficient (Wildman–Crippen LogP) is 1.38. The highest BCUT2D eigenvalue weighted by Gasteiger charge is 2.18. The number of carboxylic acids is 1. The molecule has 0 fully saturated rings. The lowest BCUT2D eigenvalue weighted by Crippen LogP contribution is -2.17. The maximum absolute atomic E-state index is 11.0. The SMILES string of the molecule is COc1ccc(C2C=CNCC2)nc1C(=O)O. The van der Waals surface area contributed by atoms with E-state index in [9.17, 15) is 4.79 Å². The molecule has 0 radical (unpaired) electrons. The fourth-order valence-electron chi connectivity index (χ4n) is 1.83. The van der Waals surface area contributed by atoms with Gasteiger partial charge in [-0.15, -0.1) is 0 Å². The van der Waals surface area contributed by atoms with E-state index in [1.54, 1.807) is 6.07 Å². The first-order valence-corrected chi connectivity index (χ1v) is 5.40. The van der Waals surface area contributed by atoms with Crippen LogP contribution in [0.2, 0.25) is 0 Å².